The molecule has 5 nitrogen and oxygen atoms in total. The highest BCUT2D eigenvalue weighted by atomic mass is 35.5. The summed E-state index contributed by atoms with van der Waals surface area (Å²) in [5, 5.41) is 3.60. The van der Waals surface area contributed by atoms with E-state index < -0.39 is 5.41 Å². The minimum absolute atomic E-state index is 0.228. The molecule has 6 heteroatoms. The molecular weight excluding hydrogens is 298 g/mol. The lowest BCUT2D eigenvalue weighted by Gasteiger charge is -2.17. The zero-order chi connectivity index (χ0) is 16.3. The van der Waals surface area contributed by atoms with E-state index in [4.69, 9.17) is 17.3 Å². The normalized spacial score (nSPS) is 10.8. The van der Waals surface area contributed by atoms with Gasteiger partial charge in [-0.1, -0.05) is 23.4 Å². The summed E-state index contributed by atoms with van der Waals surface area (Å²) in [4.78, 5) is 12.7. The summed E-state index contributed by atoms with van der Waals surface area (Å²) in [6.07, 6.45) is 1.62. The lowest BCUT2D eigenvalue weighted by atomic mass is 9.89. The fourth-order valence-electron chi connectivity index (χ4n) is 1.95. The van der Waals surface area contributed by atoms with E-state index in [0.717, 1.165) is 17.0 Å². The number of pyridine rings is 1. The van der Waals surface area contributed by atoms with Crippen LogP contribution in [0.15, 0.2) is 18.3 Å². The van der Waals surface area contributed by atoms with Gasteiger partial charge in [0, 0.05) is 13.2 Å². The van der Waals surface area contributed by atoms with Crippen LogP contribution < -0.4 is 11.1 Å². The van der Waals surface area contributed by atoms with E-state index in [0.29, 0.717) is 10.8 Å². The lowest BCUT2D eigenvalue weighted by Crippen LogP contribution is -2.16. The number of aromatic nitrogens is 3. The van der Waals surface area contributed by atoms with E-state index in [9.17, 15) is 0 Å². The van der Waals surface area contributed by atoms with Crippen LogP contribution in [-0.4, -0.2) is 22.0 Å². The van der Waals surface area contributed by atoms with Crippen molar-refractivity contribution in [3.63, 3.8) is 0 Å². The average molecular weight is 316 g/mol. The SMILES string of the molecule is CNc1nc(N)nc(C)c1C#CC(C)(C)c1ccc(Cl)cn1. The summed E-state index contributed by atoms with van der Waals surface area (Å²) in [5.41, 5.74) is 7.56. The zero-order valence-corrected chi connectivity index (χ0v) is 13.8. The molecule has 2 heterocycles. The van der Waals surface area contributed by atoms with Gasteiger partial charge >= 0.3 is 0 Å². The highest BCUT2D eigenvalue weighted by Crippen LogP contribution is 2.22. The fourth-order valence-corrected chi connectivity index (χ4v) is 2.07. The van der Waals surface area contributed by atoms with Crippen molar-refractivity contribution >= 4 is 23.4 Å². The molecule has 114 valence electrons. The molecule has 22 heavy (non-hydrogen) atoms. The Bertz CT molecular complexity index is 742. The number of hydrogen-bond donors (Lipinski definition) is 2. The molecule has 0 aliphatic carbocycles. The Labute approximate surface area is 135 Å². The molecule has 0 saturated heterocycles. The van der Waals surface area contributed by atoms with Crippen molar-refractivity contribution in [3.8, 4) is 11.8 Å². The number of hydrogen-bond acceptors (Lipinski definition) is 5. The van der Waals surface area contributed by atoms with Crippen LogP contribution in [0.5, 0.6) is 0 Å². The summed E-state index contributed by atoms with van der Waals surface area (Å²) in [6, 6.07) is 3.69. The average Bonchev–Trinajstić information content (AvgIpc) is 2.46. The van der Waals surface area contributed by atoms with E-state index in [-0.39, 0.29) is 5.95 Å². The van der Waals surface area contributed by atoms with E-state index in [2.05, 4.69) is 32.1 Å². The second-order valence-electron chi connectivity index (χ2n) is 5.38. The Morgan fingerprint density at radius 1 is 1.27 bits per heavy atom. The molecule has 2 aromatic heterocycles. The molecule has 0 aliphatic rings. The minimum atomic E-state index is -0.427. The number of nitrogens with zero attached hydrogens (tertiary/aromatic N) is 3. The largest absolute Gasteiger partial charge is 0.372 e. The van der Waals surface area contributed by atoms with Crippen LogP contribution in [0.1, 0.15) is 30.8 Å². The highest BCUT2D eigenvalue weighted by Gasteiger charge is 2.19. The van der Waals surface area contributed by atoms with Gasteiger partial charge in [0.25, 0.3) is 0 Å². The molecule has 0 unspecified atom stereocenters. The van der Waals surface area contributed by atoms with Gasteiger partial charge in [-0.05, 0) is 32.9 Å². The molecule has 0 fully saturated rings. The Morgan fingerprint density at radius 3 is 2.59 bits per heavy atom. The van der Waals surface area contributed by atoms with Crippen LogP contribution in [0.25, 0.3) is 0 Å². The predicted molar refractivity (Wildman–Crippen MR) is 89.9 cm³/mol. The molecule has 0 atom stereocenters. The maximum Gasteiger partial charge on any atom is 0.222 e. The third-order valence-corrected chi connectivity index (χ3v) is 3.44. The Morgan fingerprint density at radius 2 is 2.00 bits per heavy atom. The van der Waals surface area contributed by atoms with Gasteiger partial charge in [-0.15, -0.1) is 0 Å². The summed E-state index contributed by atoms with van der Waals surface area (Å²) in [5.74, 6) is 7.23. The number of anilines is 2. The summed E-state index contributed by atoms with van der Waals surface area (Å²) < 4.78 is 0. The molecule has 2 rings (SSSR count). The minimum Gasteiger partial charge on any atom is -0.372 e. The monoisotopic (exact) mass is 315 g/mol. The maximum absolute atomic E-state index is 5.87. The first kappa shape index (κ1) is 16.1. The van der Waals surface area contributed by atoms with Crippen LogP contribution in [-0.2, 0) is 5.41 Å². The van der Waals surface area contributed by atoms with Crippen molar-refractivity contribution in [2.75, 3.05) is 18.1 Å². The van der Waals surface area contributed by atoms with Crippen molar-refractivity contribution in [3.05, 3.63) is 40.3 Å². The number of nitrogens with two attached hydrogens (primary N) is 1. The van der Waals surface area contributed by atoms with Gasteiger partial charge in [0.2, 0.25) is 5.95 Å². The molecule has 0 amide bonds. The number of nitrogen functional groups attached to an aromatic ring is 1. The van der Waals surface area contributed by atoms with Crippen molar-refractivity contribution in [1.29, 1.82) is 0 Å². The molecule has 0 aromatic carbocycles. The van der Waals surface area contributed by atoms with Crippen molar-refractivity contribution < 1.29 is 0 Å². The van der Waals surface area contributed by atoms with Gasteiger partial charge in [0.15, 0.2) is 0 Å². The Balaban J connectivity index is 2.43. The summed E-state index contributed by atoms with van der Waals surface area (Å²) in [7, 11) is 1.78. The topological polar surface area (TPSA) is 76.7 Å². The number of nitrogens with one attached hydrogen (secondary N) is 1. The third-order valence-electron chi connectivity index (χ3n) is 3.21. The van der Waals surface area contributed by atoms with Crippen LogP contribution in [0.2, 0.25) is 5.02 Å². The number of halogens is 1. The summed E-state index contributed by atoms with van der Waals surface area (Å²) in [6.45, 7) is 5.86. The molecule has 0 bridgehead atoms. The van der Waals surface area contributed by atoms with E-state index in [1.807, 2.05) is 32.9 Å². The molecule has 0 aliphatic heterocycles. The van der Waals surface area contributed by atoms with Crippen LogP contribution >= 0.6 is 11.6 Å². The van der Waals surface area contributed by atoms with Gasteiger partial charge in [-0.2, -0.15) is 4.98 Å². The van der Waals surface area contributed by atoms with E-state index in [1.54, 1.807) is 13.2 Å². The van der Waals surface area contributed by atoms with Crippen molar-refractivity contribution in [1.82, 2.24) is 15.0 Å². The molecular formula is C16H18ClN5. The van der Waals surface area contributed by atoms with E-state index in [1.165, 1.54) is 0 Å². The van der Waals surface area contributed by atoms with Gasteiger partial charge in [-0.3, -0.25) is 4.98 Å². The van der Waals surface area contributed by atoms with Gasteiger partial charge < -0.3 is 11.1 Å². The number of rotatable bonds is 2. The third kappa shape index (κ3) is 3.46. The lowest BCUT2D eigenvalue weighted by molar-refractivity contribution is 0.670. The zero-order valence-electron chi connectivity index (χ0n) is 13.0. The van der Waals surface area contributed by atoms with E-state index >= 15 is 0 Å². The summed E-state index contributed by atoms with van der Waals surface area (Å²) >= 11 is 5.87. The first-order valence-electron chi connectivity index (χ1n) is 6.80. The quantitative estimate of drug-likeness (QED) is 0.833. The van der Waals surface area contributed by atoms with Crippen LogP contribution in [0, 0.1) is 18.8 Å². The molecule has 0 radical (unpaired) electrons. The van der Waals surface area contributed by atoms with Gasteiger partial charge in [0.1, 0.15) is 5.82 Å². The fraction of sp³-hybridized carbons (Fsp3) is 0.312. The standard InChI is InChI=1S/C16H18ClN5/c1-10-12(14(19-4)22-15(18)21-10)7-8-16(2,3)13-6-5-11(17)9-20-13/h5-6,9H,1-4H3,(H3,18,19,21,22). The maximum atomic E-state index is 5.87. The number of aryl methyl sites for hydroxylation is 1. The molecule has 0 saturated carbocycles. The van der Waals surface area contributed by atoms with Crippen LogP contribution in [0.4, 0.5) is 11.8 Å². The van der Waals surface area contributed by atoms with Crippen LogP contribution in [0.3, 0.4) is 0 Å². The Hall–Kier alpha value is -2.32. The molecule has 3 N–H and O–H groups in total. The van der Waals surface area contributed by atoms with Crippen molar-refractivity contribution in [2.24, 2.45) is 0 Å². The van der Waals surface area contributed by atoms with Gasteiger partial charge in [-0.25, -0.2) is 4.98 Å². The second-order valence-corrected chi connectivity index (χ2v) is 5.81. The first-order chi connectivity index (χ1) is 10.3. The highest BCUT2D eigenvalue weighted by molar-refractivity contribution is 6.30. The Kier molecular flexibility index (Phi) is 4.53. The predicted octanol–water partition coefficient (Wildman–Crippen LogP) is 2.79. The second kappa shape index (κ2) is 6.20. The molecule has 2 aromatic rings. The molecule has 0 spiro atoms. The van der Waals surface area contributed by atoms with Crippen molar-refractivity contribution in [2.45, 2.75) is 26.2 Å². The smallest absolute Gasteiger partial charge is 0.222 e. The first-order valence-corrected chi connectivity index (χ1v) is 7.18. The van der Waals surface area contributed by atoms with Gasteiger partial charge in [0.05, 0.1) is 27.4 Å².